The summed E-state index contributed by atoms with van der Waals surface area (Å²) in [6.07, 6.45) is -0.753. The number of rotatable bonds is 6. The average Bonchev–Trinajstić information content (AvgIpc) is 2.72. The van der Waals surface area contributed by atoms with E-state index in [1.807, 2.05) is 19.1 Å². The summed E-state index contributed by atoms with van der Waals surface area (Å²) in [6, 6.07) is 12.4. The number of anilines is 1. The van der Waals surface area contributed by atoms with E-state index in [1.165, 1.54) is 37.1 Å². The Kier molecular flexibility index (Phi) is 6.67. The molecule has 29 heavy (non-hydrogen) atoms. The van der Waals surface area contributed by atoms with Crippen molar-refractivity contribution in [1.82, 2.24) is 5.32 Å². The van der Waals surface area contributed by atoms with Crippen LogP contribution in [0.1, 0.15) is 43.4 Å². The SMILES string of the molecule is C[C@H](NC(=O)COc1cccc(C(F)(F)F)c1)c1ccc(N2CCCCC2)cc1. The lowest BCUT2D eigenvalue weighted by Crippen LogP contribution is -2.31. The van der Waals surface area contributed by atoms with Gasteiger partial charge in [-0.05, 0) is 62.1 Å². The number of carbonyl (C=O) groups is 1. The maximum absolute atomic E-state index is 12.7. The Bertz CT molecular complexity index is 816. The summed E-state index contributed by atoms with van der Waals surface area (Å²) in [5, 5.41) is 2.81. The van der Waals surface area contributed by atoms with Crippen molar-refractivity contribution in [3.63, 3.8) is 0 Å². The molecule has 0 aromatic heterocycles. The van der Waals surface area contributed by atoms with Crippen molar-refractivity contribution in [2.24, 2.45) is 0 Å². The van der Waals surface area contributed by atoms with Crippen LogP contribution in [-0.4, -0.2) is 25.6 Å². The number of halogens is 3. The molecule has 1 amide bonds. The smallest absolute Gasteiger partial charge is 0.416 e. The number of amides is 1. The lowest BCUT2D eigenvalue weighted by atomic mass is 10.1. The molecule has 0 spiro atoms. The summed E-state index contributed by atoms with van der Waals surface area (Å²) in [7, 11) is 0. The number of hydrogen-bond donors (Lipinski definition) is 1. The minimum Gasteiger partial charge on any atom is -0.484 e. The second-order valence-corrected chi connectivity index (χ2v) is 7.24. The second-order valence-electron chi connectivity index (χ2n) is 7.24. The maximum Gasteiger partial charge on any atom is 0.416 e. The first kappa shape index (κ1) is 21.0. The molecule has 1 aliphatic heterocycles. The molecule has 0 bridgehead atoms. The first-order valence-corrected chi connectivity index (χ1v) is 9.77. The van der Waals surface area contributed by atoms with Gasteiger partial charge in [-0.1, -0.05) is 18.2 Å². The topological polar surface area (TPSA) is 41.6 Å². The van der Waals surface area contributed by atoms with Gasteiger partial charge in [0.1, 0.15) is 5.75 Å². The molecule has 156 valence electrons. The van der Waals surface area contributed by atoms with Crippen LogP contribution in [0, 0.1) is 0 Å². The molecule has 2 aromatic rings. The molecular weight excluding hydrogens is 381 g/mol. The fourth-order valence-electron chi connectivity index (χ4n) is 3.40. The Balaban J connectivity index is 1.51. The number of carbonyl (C=O) groups excluding carboxylic acids is 1. The summed E-state index contributed by atoms with van der Waals surface area (Å²) < 4.78 is 43.4. The van der Waals surface area contributed by atoms with Gasteiger partial charge in [0.05, 0.1) is 11.6 Å². The number of nitrogens with zero attached hydrogens (tertiary/aromatic N) is 1. The van der Waals surface area contributed by atoms with Gasteiger partial charge in [0.15, 0.2) is 6.61 Å². The average molecular weight is 406 g/mol. The fraction of sp³-hybridized carbons (Fsp3) is 0.409. The molecule has 1 saturated heterocycles. The van der Waals surface area contributed by atoms with Gasteiger partial charge in [0.25, 0.3) is 5.91 Å². The van der Waals surface area contributed by atoms with Crippen molar-refractivity contribution in [3.8, 4) is 5.75 Å². The number of benzene rings is 2. The molecule has 0 aliphatic carbocycles. The summed E-state index contributed by atoms with van der Waals surface area (Å²) >= 11 is 0. The zero-order valence-corrected chi connectivity index (χ0v) is 16.3. The van der Waals surface area contributed by atoms with Crippen molar-refractivity contribution in [2.75, 3.05) is 24.6 Å². The Labute approximate surface area is 168 Å². The van der Waals surface area contributed by atoms with Crippen LogP contribution in [0.5, 0.6) is 5.75 Å². The zero-order valence-electron chi connectivity index (χ0n) is 16.3. The summed E-state index contributed by atoms with van der Waals surface area (Å²) in [5.41, 5.74) is 1.33. The second kappa shape index (κ2) is 9.20. The van der Waals surface area contributed by atoms with E-state index in [4.69, 9.17) is 4.74 Å². The van der Waals surface area contributed by atoms with E-state index in [9.17, 15) is 18.0 Å². The lowest BCUT2D eigenvalue weighted by Gasteiger charge is -2.29. The molecule has 0 radical (unpaired) electrons. The van der Waals surface area contributed by atoms with Gasteiger partial charge >= 0.3 is 6.18 Å². The molecule has 1 N–H and O–H groups in total. The van der Waals surface area contributed by atoms with Crippen molar-refractivity contribution < 1.29 is 22.7 Å². The molecule has 1 heterocycles. The van der Waals surface area contributed by atoms with Crippen LogP contribution in [0.15, 0.2) is 48.5 Å². The number of nitrogens with one attached hydrogen (secondary N) is 1. The highest BCUT2D eigenvalue weighted by molar-refractivity contribution is 5.78. The molecule has 1 atom stereocenters. The molecule has 1 fully saturated rings. The van der Waals surface area contributed by atoms with Gasteiger partial charge in [-0.25, -0.2) is 0 Å². The molecular formula is C22H25F3N2O2. The molecule has 7 heteroatoms. The van der Waals surface area contributed by atoms with Crippen LogP contribution in [0.2, 0.25) is 0 Å². The fourth-order valence-corrected chi connectivity index (χ4v) is 3.40. The zero-order chi connectivity index (χ0) is 20.9. The van der Waals surface area contributed by atoms with E-state index in [0.717, 1.165) is 30.8 Å². The highest BCUT2D eigenvalue weighted by atomic mass is 19.4. The van der Waals surface area contributed by atoms with Crippen LogP contribution in [0.4, 0.5) is 18.9 Å². The first-order valence-electron chi connectivity index (χ1n) is 9.77. The quantitative estimate of drug-likeness (QED) is 0.738. The highest BCUT2D eigenvalue weighted by Crippen LogP contribution is 2.31. The number of ether oxygens (including phenoxy) is 1. The lowest BCUT2D eigenvalue weighted by molar-refractivity contribution is -0.137. The Hall–Kier alpha value is -2.70. The molecule has 1 aliphatic rings. The van der Waals surface area contributed by atoms with Gasteiger partial charge in [-0.15, -0.1) is 0 Å². The third-order valence-electron chi connectivity index (χ3n) is 5.02. The van der Waals surface area contributed by atoms with E-state index in [2.05, 4.69) is 22.3 Å². The van der Waals surface area contributed by atoms with Crippen LogP contribution < -0.4 is 15.0 Å². The van der Waals surface area contributed by atoms with Gasteiger partial charge in [-0.3, -0.25) is 4.79 Å². The predicted octanol–water partition coefficient (Wildman–Crippen LogP) is 4.95. The van der Waals surface area contributed by atoms with Crippen molar-refractivity contribution in [2.45, 2.75) is 38.4 Å². The standard InChI is InChI=1S/C22H25F3N2O2/c1-16(17-8-10-19(11-9-17)27-12-3-2-4-13-27)26-21(28)15-29-20-7-5-6-18(14-20)22(23,24)25/h5-11,14,16H,2-4,12-13,15H2,1H3,(H,26,28)/t16-/m0/s1. The Morgan fingerprint density at radius 3 is 2.45 bits per heavy atom. The summed E-state index contributed by atoms with van der Waals surface area (Å²) in [6.45, 7) is 3.65. The van der Waals surface area contributed by atoms with Crippen molar-refractivity contribution in [1.29, 1.82) is 0 Å². The number of alkyl halides is 3. The van der Waals surface area contributed by atoms with Crippen LogP contribution in [0.25, 0.3) is 0 Å². The highest BCUT2D eigenvalue weighted by Gasteiger charge is 2.30. The minimum absolute atomic E-state index is 0.00788. The Morgan fingerprint density at radius 1 is 1.10 bits per heavy atom. The van der Waals surface area contributed by atoms with Gasteiger partial charge in [0, 0.05) is 18.8 Å². The van der Waals surface area contributed by atoms with Crippen LogP contribution >= 0.6 is 0 Å². The molecule has 0 saturated carbocycles. The largest absolute Gasteiger partial charge is 0.484 e. The van der Waals surface area contributed by atoms with Gasteiger partial charge in [-0.2, -0.15) is 13.2 Å². The monoisotopic (exact) mass is 406 g/mol. The van der Waals surface area contributed by atoms with E-state index >= 15 is 0 Å². The number of hydrogen-bond acceptors (Lipinski definition) is 3. The normalized spacial score (nSPS) is 15.7. The van der Waals surface area contributed by atoms with E-state index < -0.39 is 17.6 Å². The molecule has 4 nitrogen and oxygen atoms in total. The van der Waals surface area contributed by atoms with Gasteiger partial charge in [0.2, 0.25) is 0 Å². The van der Waals surface area contributed by atoms with Crippen LogP contribution in [0.3, 0.4) is 0 Å². The Morgan fingerprint density at radius 2 is 1.79 bits per heavy atom. The molecule has 3 rings (SSSR count). The minimum atomic E-state index is -4.45. The van der Waals surface area contributed by atoms with E-state index in [0.29, 0.717) is 0 Å². The third-order valence-corrected chi connectivity index (χ3v) is 5.02. The van der Waals surface area contributed by atoms with E-state index in [-0.39, 0.29) is 18.4 Å². The summed E-state index contributed by atoms with van der Waals surface area (Å²) in [5.74, 6) is -0.386. The van der Waals surface area contributed by atoms with Gasteiger partial charge < -0.3 is 15.0 Å². The first-order chi connectivity index (χ1) is 13.8. The maximum atomic E-state index is 12.7. The van der Waals surface area contributed by atoms with E-state index in [1.54, 1.807) is 0 Å². The number of piperidine rings is 1. The molecule has 2 aromatic carbocycles. The van der Waals surface area contributed by atoms with Crippen molar-refractivity contribution in [3.05, 3.63) is 59.7 Å². The summed E-state index contributed by atoms with van der Waals surface area (Å²) in [4.78, 5) is 14.5. The van der Waals surface area contributed by atoms with Crippen LogP contribution in [-0.2, 0) is 11.0 Å². The molecule has 0 unspecified atom stereocenters. The predicted molar refractivity (Wildman–Crippen MR) is 106 cm³/mol. The van der Waals surface area contributed by atoms with Crippen molar-refractivity contribution >= 4 is 11.6 Å². The third kappa shape index (κ3) is 5.89.